The molecule has 1 aromatic heterocycles. The molecule has 7 nitrogen and oxygen atoms in total. The van der Waals surface area contributed by atoms with Crippen LogP contribution in [0.5, 0.6) is 0 Å². The fraction of sp³-hybridized carbons (Fsp3) is 0.522. The van der Waals surface area contributed by atoms with Crippen LogP contribution in [0.25, 0.3) is 10.9 Å². The molecule has 0 bridgehead atoms. The number of anilines is 1. The normalized spacial score (nSPS) is 20.2. The molecular formula is C23H33N5O2. The van der Waals surface area contributed by atoms with Gasteiger partial charge in [-0.1, -0.05) is 25.5 Å². The Labute approximate surface area is 178 Å². The first kappa shape index (κ1) is 22.2. The van der Waals surface area contributed by atoms with Gasteiger partial charge in [0, 0.05) is 31.6 Å². The number of carbonyl (C=O) groups excluding carboxylic acids is 1. The van der Waals surface area contributed by atoms with Gasteiger partial charge in [-0.15, -0.1) is 0 Å². The number of ether oxygens (including phenoxy) is 1. The Balaban J connectivity index is 1.96. The number of rotatable bonds is 6. The van der Waals surface area contributed by atoms with Gasteiger partial charge in [-0.05, 0) is 50.9 Å². The monoisotopic (exact) mass is 411 g/mol. The topological polar surface area (TPSA) is 92.8 Å². The van der Waals surface area contributed by atoms with Gasteiger partial charge in [0.05, 0.1) is 17.2 Å². The number of carbonyl (C=O) groups is 1. The number of amidine groups is 1. The Hall–Kier alpha value is -2.51. The van der Waals surface area contributed by atoms with Crippen LogP contribution in [0.1, 0.15) is 43.1 Å². The van der Waals surface area contributed by atoms with Crippen LogP contribution in [-0.2, 0) is 4.74 Å². The maximum Gasteiger partial charge on any atom is 0.282 e. The number of aryl methyl sites for hydroxylation is 1. The quantitative estimate of drug-likeness (QED) is 0.561. The van der Waals surface area contributed by atoms with Gasteiger partial charge >= 0.3 is 0 Å². The molecule has 2 aromatic rings. The molecule has 3 N–H and O–H groups in total. The third kappa shape index (κ3) is 5.15. The molecule has 1 fully saturated rings. The standard InChI is InChI=1S/C23H33N5O2/c1-14(2)12-25-20-8-9-28(13-21(20)30-5)22-18(23(29)26-16(4)24)11-17-10-15(3)6-7-19(17)27-22/h6-7,10-11,14,20-21,25H,8-9,12-13H2,1-5H3,(H2,24,26,29). The van der Waals surface area contributed by atoms with Gasteiger partial charge in [0.15, 0.2) is 0 Å². The van der Waals surface area contributed by atoms with Gasteiger partial charge in [0.25, 0.3) is 5.91 Å². The number of amides is 1. The van der Waals surface area contributed by atoms with E-state index in [4.69, 9.17) is 15.5 Å². The van der Waals surface area contributed by atoms with E-state index in [1.165, 1.54) is 0 Å². The predicted molar refractivity (Wildman–Crippen MR) is 122 cm³/mol. The second kappa shape index (κ2) is 9.53. The number of hydrogen-bond acceptors (Lipinski definition) is 5. The number of piperidine rings is 1. The lowest BCUT2D eigenvalue weighted by Crippen LogP contribution is -2.54. The third-order valence-corrected chi connectivity index (χ3v) is 5.41. The van der Waals surface area contributed by atoms with Crippen molar-refractivity contribution in [2.75, 3.05) is 31.6 Å². The molecule has 1 amide bonds. The number of hydrogen-bond donors (Lipinski definition) is 2. The zero-order valence-corrected chi connectivity index (χ0v) is 18.6. The van der Waals surface area contributed by atoms with Gasteiger partial charge < -0.3 is 20.7 Å². The minimum absolute atomic E-state index is 0.00992. The molecule has 30 heavy (non-hydrogen) atoms. The minimum atomic E-state index is -0.366. The average molecular weight is 412 g/mol. The number of aliphatic imine (C=N–C) groups is 1. The fourth-order valence-corrected chi connectivity index (χ4v) is 3.87. The molecule has 2 unspecified atom stereocenters. The minimum Gasteiger partial charge on any atom is -0.387 e. The Morgan fingerprint density at radius 1 is 1.40 bits per heavy atom. The molecule has 162 valence electrons. The van der Waals surface area contributed by atoms with Crippen LogP contribution in [-0.4, -0.2) is 55.6 Å². The highest BCUT2D eigenvalue weighted by Gasteiger charge is 2.31. The summed E-state index contributed by atoms with van der Waals surface area (Å²) >= 11 is 0. The first-order valence-electron chi connectivity index (χ1n) is 10.6. The first-order chi connectivity index (χ1) is 14.3. The fourth-order valence-electron chi connectivity index (χ4n) is 3.87. The molecule has 1 aliphatic heterocycles. The Bertz CT molecular complexity index is 937. The van der Waals surface area contributed by atoms with Crippen LogP contribution in [0.2, 0.25) is 0 Å². The van der Waals surface area contributed by atoms with E-state index in [2.05, 4.69) is 29.1 Å². The molecule has 3 rings (SSSR count). The van der Waals surface area contributed by atoms with Crippen molar-refractivity contribution in [2.45, 2.75) is 46.3 Å². The maximum atomic E-state index is 12.9. The molecule has 0 radical (unpaired) electrons. The van der Waals surface area contributed by atoms with Crippen LogP contribution < -0.4 is 16.0 Å². The van der Waals surface area contributed by atoms with E-state index in [0.29, 0.717) is 23.8 Å². The third-order valence-electron chi connectivity index (χ3n) is 5.41. The summed E-state index contributed by atoms with van der Waals surface area (Å²) < 4.78 is 5.79. The molecule has 7 heteroatoms. The lowest BCUT2D eigenvalue weighted by Gasteiger charge is -2.39. The number of nitrogens with two attached hydrogens (primary N) is 1. The number of nitrogens with zero attached hydrogens (tertiary/aromatic N) is 3. The van der Waals surface area contributed by atoms with E-state index < -0.39 is 0 Å². The number of fused-ring (bicyclic) bond motifs is 1. The molecule has 2 atom stereocenters. The van der Waals surface area contributed by atoms with Gasteiger partial charge in [-0.3, -0.25) is 4.79 Å². The van der Waals surface area contributed by atoms with Crippen molar-refractivity contribution in [3.8, 4) is 0 Å². The SMILES string of the molecule is COC1CN(c2nc3ccc(C)cc3cc2C(=O)N=C(C)N)CCC1NCC(C)C. The molecule has 1 saturated heterocycles. The van der Waals surface area contributed by atoms with Crippen molar-refractivity contribution in [2.24, 2.45) is 16.6 Å². The first-order valence-corrected chi connectivity index (χ1v) is 10.6. The van der Waals surface area contributed by atoms with Crippen molar-refractivity contribution >= 4 is 28.5 Å². The summed E-state index contributed by atoms with van der Waals surface area (Å²) in [5, 5.41) is 4.54. The Kier molecular flexibility index (Phi) is 7.05. The van der Waals surface area contributed by atoms with Crippen molar-refractivity contribution < 1.29 is 9.53 Å². The van der Waals surface area contributed by atoms with E-state index in [9.17, 15) is 4.79 Å². The number of methoxy groups -OCH3 is 1. The largest absolute Gasteiger partial charge is 0.387 e. The maximum absolute atomic E-state index is 12.9. The number of nitrogens with one attached hydrogen (secondary N) is 1. The summed E-state index contributed by atoms with van der Waals surface area (Å²) in [5.41, 5.74) is 8.13. The second-order valence-electron chi connectivity index (χ2n) is 8.53. The molecular weight excluding hydrogens is 378 g/mol. The van der Waals surface area contributed by atoms with Crippen LogP contribution in [0, 0.1) is 12.8 Å². The van der Waals surface area contributed by atoms with E-state index in [1.54, 1.807) is 14.0 Å². The van der Waals surface area contributed by atoms with Gasteiger partial charge in [-0.25, -0.2) is 4.98 Å². The highest BCUT2D eigenvalue weighted by Crippen LogP contribution is 2.28. The molecule has 2 heterocycles. The summed E-state index contributed by atoms with van der Waals surface area (Å²) in [6.45, 7) is 10.4. The summed E-state index contributed by atoms with van der Waals surface area (Å²) in [5.74, 6) is 1.09. The van der Waals surface area contributed by atoms with Crippen molar-refractivity contribution in [3.05, 3.63) is 35.4 Å². The zero-order valence-electron chi connectivity index (χ0n) is 18.6. The van der Waals surface area contributed by atoms with Crippen molar-refractivity contribution in [1.82, 2.24) is 10.3 Å². The molecule has 0 saturated carbocycles. The summed E-state index contributed by atoms with van der Waals surface area (Å²) in [7, 11) is 1.74. The summed E-state index contributed by atoms with van der Waals surface area (Å²) in [6.07, 6.45) is 0.918. The second-order valence-corrected chi connectivity index (χ2v) is 8.53. The molecule has 0 aliphatic carbocycles. The molecule has 0 spiro atoms. The van der Waals surface area contributed by atoms with Crippen LogP contribution in [0.15, 0.2) is 29.3 Å². The predicted octanol–water partition coefficient (Wildman–Crippen LogP) is 2.90. The lowest BCUT2D eigenvalue weighted by atomic mass is 9.99. The smallest absolute Gasteiger partial charge is 0.282 e. The zero-order chi connectivity index (χ0) is 21.8. The highest BCUT2D eigenvalue weighted by atomic mass is 16.5. The highest BCUT2D eigenvalue weighted by molar-refractivity contribution is 6.07. The van der Waals surface area contributed by atoms with E-state index in [1.807, 2.05) is 31.2 Å². The van der Waals surface area contributed by atoms with E-state index in [-0.39, 0.29) is 23.9 Å². The van der Waals surface area contributed by atoms with E-state index >= 15 is 0 Å². The number of aromatic nitrogens is 1. The van der Waals surface area contributed by atoms with Crippen LogP contribution >= 0.6 is 0 Å². The lowest BCUT2D eigenvalue weighted by molar-refractivity contribution is 0.0589. The van der Waals surface area contributed by atoms with Gasteiger partial charge in [-0.2, -0.15) is 4.99 Å². The van der Waals surface area contributed by atoms with Gasteiger partial charge in [0.1, 0.15) is 11.7 Å². The van der Waals surface area contributed by atoms with Crippen molar-refractivity contribution in [1.29, 1.82) is 0 Å². The van der Waals surface area contributed by atoms with Gasteiger partial charge in [0.2, 0.25) is 0 Å². The van der Waals surface area contributed by atoms with Crippen LogP contribution in [0.4, 0.5) is 5.82 Å². The van der Waals surface area contributed by atoms with E-state index in [0.717, 1.165) is 36.0 Å². The van der Waals surface area contributed by atoms with Crippen LogP contribution in [0.3, 0.4) is 0 Å². The van der Waals surface area contributed by atoms with Crippen molar-refractivity contribution in [3.63, 3.8) is 0 Å². The Morgan fingerprint density at radius 3 is 2.83 bits per heavy atom. The summed E-state index contributed by atoms with van der Waals surface area (Å²) in [4.78, 5) is 23.8. The summed E-state index contributed by atoms with van der Waals surface area (Å²) in [6, 6.07) is 8.21. The average Bonchev–Trinajstić information content (AvgIpc) is 2.70. The Morgan fingerprint density at radius 2 is 2.17 bits per heavy atom. The number of benzene rings is 1. The molecule has 1 aromatic carbocycles. The number of pyridine rings is 1. The molecule has 1 aliphatic rings.